The highest BCUT2D eigenvalue weighted by molar-refractivity contribution is 7.91. The van der Waals surface area contributed by atoms with Gasteiger partial charge in [-0.1, -0.05) is 36.3 Å². The van der Waals surface area contributed by atoms with E-state index in [0.29, 0.717) is 63.1 Å². The lowest BCUT2D eigenvalue weighted by Gasteiger charge is -2.50. The number of ether oxygens (including phenoxy) is 1. The van der Waals surface area contributed by atoms with Gasteiger partial charge in [0.2, 0.25) is 10.0 Å². The molecule has 0 aromatic heterocycles. The maximum atomic E-state index is 13.6. The van der Waals surface area contributed by atoms with Crippen molar-refractivity contribution < 1.29 is 23.1 Å². The molecule has 2 N–H and O–H groups in total. The Morgan fingerprint density at radius 2 is 1.96 bits per heavy atom. The fourth-order valence-corrected chi connectivity index (χ4v) is 11.0. The number of nitrogens with one attached hydrogen (secondary N) is 1. The lowest BCUT2D eigenvalue weighted by atomic mass is 9.62. The molecule has 0 unspecified atom stereocenters. The Morgan fingerprint density at radius 1 is 1.15 bits per heavy atom. The predicted octanol–water partition coefficient (Wildman–Crippen LogP) is 5.87. The number of hydrogen-bond donors (Lipinski definition) is 2. The molecule has 1 spiro atoms. The number of rotatable bonds is 2. The zero-order valence-electron chi connectivity index (χ0n) is 27.6. The average molecular weight is 700 g/mol. The third-order valence-corrected chi connectivity index (χ3v) is 15.1. The van der Waals surface area contributed by atoms with E-state index in [1.807, 2.05) is 31.1 Å². The van der Waals surface area contributed by atoms with E-state index in [2.05, 4.69) is 21.8 Å². The summed E-state index contributed by atoms with van der Waals surface area (Å²) in [5.41, 5.74) is 2.30. The summed E-state index contributed by atoms with van der Waals surface area (Å²) in [6.45, 7) is 3.58. The Bertz CT molecular complexity index is 1720. The molecule has 2 bridgehead atoms. The molecule has 0 radical (unpaired) electrons. The number of hydrogen-bond acceptors (Lipinski definition) is 7. The van der Waals surface area contributed by atoms with Gasteiger partial charge in [0.05, 0.1) is 27.6 Å². The SMILES string of the molecule is CN(C)C(=S)C[C@@]1(O)CCC[C@@H]2C[C@@]2(C)S(=O)(=O)NC(=O)c2ccc3c(c2)N(C[C@@H]2CC[C@H]21)C[C@@]1(CCCc2cc(Cl)ccc21)CO3. The number of sulfonamides is 1. The Hall–Kier alpha value is -2.40. The van der Waals surface area contributed by atoms with Crippen LogP contribution in [0.25, 0.3) is 0 Å². The van der Waals surface area contributed by atoms with Gasteiger partial charge in [-0.3, -0.25) is 4.79 Å². The molecule has 7 rings (SSSR count). The number of carbonyl (C=O) groups is 1. The highest BCUT2D eigenvalue weighted by Crippen LogP contribution is 2.54. The van der Waals surface area contributed by atoms with Gasteiger partial charge in [0, 0.05) is 49.6 Å². The van der Waals surface area contributed by atoms with Crippen molar-refractivity contribution in [1.29, 1.82) is 0 Å². The molecule has 2 aromatic rings. The second-order valence-electron chi connectivity index (χ2n) is 15.3. The van der Waals surface area contributed by atoms with Crippen LogP contribution in [-0.4, -0.2) is 73.5 Å². The lowest BCUT2D eigenvalue weighted by molar-refractivity contribution is -0.0837. The van der Waals surface area contributed by atoms with E-state index in [-0.39, 0.29) is 23.2 Å². The second-order valence-corrected chi connectivity index (χ2v) is 18.4. The number of anilines is 1. The van der Waals surface area contributed by atoms with Gasteiger partial charge < -0.3 is 19.6 Å². The molecule has 2 fully saturated rings. The minimum Gasteiger partial charge on any atom is -0.490 e. The van der Waals surface area contributed by atoms with E-state index in [9.17, 15) is 18.3 Å². The van der Waals surface area contributed by atoms with Crippen LogP contribution in [0.3, 0.4) is 0 Å². The van der Waals surface area contributed by atoms with Gasteiger partial charge in [-0.15, -0.1) is 0 Å². The van der Waals surface area contributed by atoms with Crippen LogP contribution in [0.15, 0.2) is 36.4 Å². The second kappa shape index (κ2) is 11.9. The molecule has 8 nitrogen and oxygen atoms in total. The highest BCUT2D eigenvalue weighted by Gasteiger charge is 2.60. The van der Waals surface area contributed by atoms with E-state index in [0.717, 1.165) is 47.8 Å². The first-order valence-corrected chi connectivity index (χ1v) is 19.3. The number of halogens is 1. The van der Waals surface area contributed by atoms with Gasteiger partial charge >= 0.3 is 0 Å². The number of fused-ring (bicyclic) bond motifs is 5. The zero-order chi connectivity index (χ0) is 33.4. The predicted molar refractivity (Wildman–Crippen MR) is 189 cm³/mol. The number of aryl methyl sites for hydroxylation is 1. The Kier molecular flexibility index (Phi) is 8.37. The van der Waals surface area contributed by atoms with E-state index in [4.69, 9.17) is 28.6 Å². The minimum atomic E-state index is -3.93. The summed E-state index contributed by atoms with van der Waals surface area (Å²) >= 11 is 12.2. The van der Waals surface area contributed by atoms with Crippen LogP contribution in [0.1, 0.15) is 86.2 Å². The number of thiocarbonyl (C=S) groups is 1. The van der Waals surface area contributed by atoms with Crippen LogP contribution in [0.4, 0.5) is 5.69 Å². The number of amides is 1. The van der Waals surface area contributed by atoms with Gasteiger partial charge in [0.25, 0.3) is 5.91 Å². The Balaban J connectivity index is 1.31. The quantitative estimate of drug-likeness (QED) is 0.376. The minimum absolute atomic E-state index is 0.0510. The van der Waals surface area contributed by atoms with Crippen molar-refractivity contribution in [1.82, 2.24) is 9.62 Å². The van der Waals surface area contributed by atoms with Crippen LogP contribution in [-0.2, 0) is 21.9 Å². The molecule has 2 aromatic carbocycles. The van der Waals surface area contributed by atoms with E-state index < -0.39 is 26.3 Å². The first kappa shape index (κ1) is 33.1. The van der Waals surface area contributed by atoms with Gasteiger partial charge in [-0.05, 0) is 118 Å². The molecule has 5 aliphatic rings. The number of carbonyl (C=O) groups excluding carboxylic acids is 1. The van der Waals surface area contributed by atoms with Gasteiger partial charge in [0.15, 0.2) is 0 Å². The molecule has 254 valence electrons. The van der Waals surface area contributed by atoms with E-state index in [1.54, 1.807) is 19.1 Å². The van der Waals surface area contributed by atoms with Crippen LogP contribution >= 0.6 is 23.8 Å². The molecule has 6 atom stereocenters. The van der Waals surface area contributed by atoms with Crippen molar-refractivity contribution in [3.05, 3.63) is 58.1 Å². The standard InChI is InChI=1S/C36H46ClN3O5S2/c1-34-18-26(34)7-5-15-36(42,19-32(46)39(2)3)29-11-8-25(29)20-40-21-35(14-4-6-23-16-27(37)10-12-28(23)35)22-45-31-13-9-24(17-30(31)40)33(41)38-47(34,43)44/h9-10,12-13,16-17,25-26,29,42H,4-8,11,14-15,18-22H2,1-3H3,(H,38,41)/t25-,26+,29+,34+,35-,36-/m0/s1. The first-order chi connectivity index (χ1) is 22.2. The summed E-state index contributed by atoms with van der Waals surface area (Å²) in [5.74, 6) is 0.269. The highest BCUT2D eigenvalue weighted by atomic mass is 35.5. The number of nitrogens with zero attached hydrogens (tertiary/aromatic N) is 2. The normalized spacial score (nSPS) is 34.4. The van der Waals surface area contributed by atoms with Crippen molar-refractivity contribution in [3.63, 3.8) is 0 Å². The third-order valence-electron chi connectivity index (χ3n) is 12.2. The lowest BCUT2D eigenvalue weighted by Crippen LogP contribution is -2.54. The first-order valence-electron chi connectivity index (χ1n) is 17.0. The molecule has 2 heterocycles. The summed E-state index contributed by atoms with van der Waals surface area (Å²) < 4.78 is 35.1. The fourth-order valence-electron chi connectivity index (χ4n) is 8.98. The van der Waals surface area contributed by atoms with Crippen molar-refractivity contribution in [2.45, 2.75) is 86.9 Å². The van der Waals surface area contributed by atoms with Crippen LogP contribution in [0.2, 0.25) is 5.02 Å². The van der Waals surface area contributed by atoms with Gasteiger partial charge in [-0.2, -0.15) is 0 Å². The topological polar surface area (TPSA) is 99.2 Å². The smallest absolute Gasteiger partial charge is 0.264 e. The Labute approximate surface area is 289 Å². The largest absolute Gasteiger partial charge is 0.490 e. The van der Waals surface area contributed by atoms with Crippen molar-refractivity contribution in [2.24, 2.45) is 17.8 Å². The summed E-state index contributed by atoms with van der Waals surface area (Å²) in [5, 5.41) is 13.2. The van der Waals surface area contributed by atoms with Gasteiger partial charge in [0.1, 0.15) is 5.75 Å². The maximum absolute atomic E-state index is 13.6. The summed E-state index contributed by atoms with van der Waals surface area (Å²) in [6, 6.07) is 11.5. The van der Waals surface area contributed by atoms with Crippen LogP contribution < -0.4 is 14.4 Å². The van der Waals surface area contributed by atoms with Crippen LogP contribution in [0.5, 0.6) is 5.75 Å². The van der Waals surface area contributed by atoms with Crippen molar-refractivity contribution in [2.75, 3.05) is 38.7 Å². The fraction of sp³-hybridized carbons (Fsp3) is 0.611. The average Bonchev–Trinajstić information content (AvgIpc) is 3.70. The molecule has 2 aliphatic heterocycles. The summed E-state index contributed by atoms with van der Waals surface area (Å²) in [6.07, 6.45) is 7.68. The third kappa shape index (κ3) is 5.85. The van der Waals surface area contributed by atoms with Crippen molar-refractivity contribution >= 4 is 50.4 Å². The molecular formula is C36H46ClN3O5S2. The maximum Gasteiger partial charge on any atom is 0.264 e. The molecule has 2 saturated carbocycles. The van der Waals surface area contributed by atoms with E-state index in [1.165, 1.54) is 11.1 Å². The molecule has 3 aliphatic carbocycles. The molecule has 1 amide bonds. The summed E-state index contributed by atoms with van der Waals surface area (Å²) in [7, 11) is -0.0751. The zero-order valence-corrected chi connectivity index (χ0v) is 29.9. The number of aliphatic hydroxyl groups is 1. The summed E-state index contributed by atoms with van der Waals surface area (Å²) in [4.78, 5) is 18.5. The van der Waals surface area contributed by atoms with Gasteiger partial charge in [-0.25, -0.2) is 13.1 Å². The Morgan fingerprint density at radius 3 is 2.70 bits per heavy atom. The molecule has 47 heavy (non-hydrogen) atoms. The molecule has 0 saturated heterocycles. The number of benzene rings is 2. The molecular weight excluding hydrogens is 654 g/mol. The molecule has 11 heteroatoms. The van der Waals surface area contributed by atoms with Crippen molar-refractivity contribution in [3.8, 4) is 5.75 Å². The monoisotopic (exact) mass is 699 g/mol. The van der Waals surface area contributed by atoms with E-state index >= 15 is 0 Å². The van der Waals surface area contributed by atoms with Crippen LogP contribution in [0, 0.1) is 17.8 Å².